The van der Waals surface area contributed by atoms with Gasteiger partial charge in [-0.3, -0.25) is 4.79 Å². The molecule has 2 aliphatic rings. The van der Waals surface area contributed by atoms with Crippen molar-refractivity contribution in [1.82, 2.24) is 5.32 Å². The number of hydrogen-bond donors (Lipinski definition) is 2. The molecule has 3 nitrogen and oxygen atoms in total. The lowest BCUT2D eigenvalue weighted by Crippen LogP contribution is -2.53. The third kappa shape index (κ3) is 2.78. The van der Waals surface area contributed by atoms with Crippen LogP contribution in [0.1, 0.15) is 58.8 Å². The number of rotatable bonds is 3. The second kappa shape index (κ2) is 5.78. The van der Waals surface area contributed by atoms with E-state index in [1.807, 2.05) is 0 Å². The Morgan fingerprint density at radius 2 is 1.84 bits per heavy atom. The van der Waals surface area contributed by atoms with Gasteiger partial charge < -0.3 is 11.1 Å². The molecule has 0 bridgehead atoms. The van der Waals surface area contributed by atoms with E-state index in [0.29, 0.717) is 22.9 Å². The van der Waals surface area contributed by atoms with Crippen LogP contribution in [-0.4, -0.2) is 16.9 Å². The Kier molecular flexibility index (Phi) is 4.49. The summed E-state index contributed by atoms with van der Waals surface area (Å²) in [5.74, 6) is 1.31. The first kappa shape index (κ1) is 14.8. The maximum absolute atomic E-state index is 12.7. The molecule has 0 radical (unpaired) electrons. The van der Waals surface area contributed by atoms with E-state index in [1.54, 1.807) is 0 Å². The number of nitrogens with one attached hydrogen (secondary N) is 1. The van der Waals surface area contributed by atoms with Gasteiger partial charge >= 0.3 is 0 Å². The van der Waals surface area contributed by atoms with E-state index in [-0.39, 0.29) is 5.91 Å². The van der Waals surface area contributed by atoms with Crippen molar-refractivity contribution < 1.29 is 4.79 Å². The van der Waals surface area contributed by atoms with Gasteiger partial charge in [0.1, 0.15) is 0 Å². The van der Waals surface area contributed by atoms with Gasteiger partial charge in [-0.25, -0.2) is 0 Å². The van der Waals surface area contributed by atoms with Crippen molar-refractivity contribution >= 4 is 23.1 Å². The summed E-state index contributed by atoms with van der Waals surface area (Å²) < 4.78 is 0. The molecular weight excluding hydrogens is 256 g/mol. The van der Waals surface area contributed by atoms with E-state index in [0.717, 1.165) is 32.1 Å². The Hall–Kier alpha value is -0.640. The predicted molar refractivity (Wildman–Crippen MR) is 81.8 cm³/mol. The molecule has 2 saturated carbocycles. The number of carbonyl (C=O) groups excluding carboxylic acids is 1. The quantitative estimate of drug-likeness (QED) is 0.783. The molecule has 1 amide bonds. The molecule has 0 aromatic rings. The Morgan fingerprint density at radius 1 is 1.21 bits per heavy atom. The van der Waals surface area contributed by atoms with Crippen LogP contribution in [0.5, 0.6) is 0 Å². The summed E-state index contributed by atoms with van der Waals surface area (Å²) in [5.41, 5.74) is 5.31. The van der Waals surface area contributed by atoms with E-state index >= 15 is 0 Å². The van der Waals surface area contributed by atoms with Crippen LogP contribution in [0.3, 0.4) is 0 Å². The van der Waals surface area contributed by atoms with Gasteiger partial charge in [0.15, 0.2) is 0 Å². The van der Waals surface area contributed by atoms with E-state index in [9.17, 15) is 4.79 Å². The molecule has 4 heteroatoms. The number of thiocarbonyl (C=S) groups is 1. The zero-order valence-corrected chi connectivity index (χ0v) is 12.9. The van der Waals surface area contributed by atoms with Crippen LogP contribution in [-0.2, 0) is 4.79 Å². The monoisotopic (exact) mass is 282 g/mol. The highest BCUT2D eigenvalue weighted by Crippen LogP contribution is 2.39. The van der Waals surface area contributed by atoms with Gasteiger partial charge in [-0.1, -0.05) is 51.7 Å². The SMILES string of the molecule is CC1CCCC(NC(=O)C2(C(N)=S)CCCC2)C1C. The third-order valence-corrected chi connectivity index (χ3v) is 5.78. The number of nitrogens with two attached hydrogens (primary N) is 1. The highest BCUT2D eigenvalue weighted by Gasteiger charge is 2.45. The van der Waals surface area contributed by atoms with Gasteiger partial charge in [-0.15, -0.1) is 0 Å². The first-order valence-electron chi connectivity index (χ1n) is 7.58. The number of amides is 1. The summed E-state index contributed by atoms with van der Waals surface area (Å²) in [4.78, 5) is 13.0. The largest absolute Gasteiger partial charge is 0.392 e. The second-order valence-corrected chi connectivity index (χ2v) is 6.94. The van der Waals surface area contributed by atoms with E-state index in [4.69, 9.17) is 18.0 Å². The minimum Gasteiger partial charge on any atom is -0.392 e. The van der Waals surface area contributed by atoms with Crippen LogP contribution in [0.4, 0.5) is 0 Å². The molecule has 3 N–H and O–H groups in total. The molecule has 0 aromatic heterocycles. The van der Waals surface area contributed by atoms with Crippen LogP contribution in [0.2, 0.25) is 0 Å². The van der Waals surface area contributed by atoms with Crippen molar-refractivity contribution in [3.05, 3.63) is 0 Å². The molecule has 2 fully saturated rings. The Morgan fingerprint density at radius 3 is 2.42 bits per heavy atom. The lowest BCUT2D eigenvalue weighted by molar-refractivity contribution is -0.128. The smallest absolute Gasteiger partial charge is 0.233 e. The molecule has 2 rings (SSSR count). The fraction of sp³-hybridized carbons (Fsp3) is 0.867. The molecule has 0 aromatic carbocycles. The predicted octanol–water partition coefficient (Wildman–Crippen LogP) is 2.77. The number of carbonyl (C=O) groups is 1. The van der Waals surface area contributed by atoms with Gasteiger partial charge in [-0.2, -0.15) is 0 Å². The molecule has 0 aliphatic heterocycles. The van der Waals surface area contributed by atoms with Crippen molar-refractivity contribution in [2.45, 2.75) is 64.8 Å². The maximum Gasteiger partial charge on any atom is 0.233 e. The van der Waals surface area contributed by atoms with Crippen molar-refractivity contribution in [3.63, 3.8) is 0 Å². The molecule has 3 atom stereocenters. The van der Waals surface area contributed by atoms with Crippen LogP contribution in [0.25, 0.3) is 0 Å². The Bertz CT molecular complexity index is 363. The Labute approximate surface area is 121 Å². The lowest BCUT2D eigenvalue weighted by atomic mass is 9.77. The van der Waals surface area contributed by atoms with Gasteiger partial charge in [0.25, 0.3) is 0 Å². The standard InChI is InChI=1S/C15H26N2OS/c1-10-6-5-7-12(11(10)2)17-14(18)15(13(16)19)8-3-4-9-15/h10-12H,3-9H2,1-2H3,(H2,16,19)(H,17,18). The van der Waals surface area contributed by atoms with Gasteiger partial charge in [0.2, 0.25) is 5.91 Å². The highest BCUT2D eigenvalue weighted by molar-refractivity contribution is 7.80. The zero-order chi connectivity index (χ0) is 14.0. The summed E-state index contributed by atoms with van der Waals surface area (Å²) in [6.07, 6.45) is 7.33. The number of hydrogen-bond acceptors (Lipinski definition) is 2. The van der Waals surface area contributed by atoms with E-state index < -0.39 is 5.41 Å². The van der Waals surface area contributed by atoms with Crippen LogP contribution in [0.15, 0.2) is 0 Å². The normalized spacial score (nSPS) is 33.9. The van der Waals surface area contributed by atoms with Gasteiger partial charge in [0.05, 0.1) is 10.4 Å². The molecular formula is C15H26N2OS. The highest BCUT2D eigenvalue weighted by atomic mass is 32.1. The fourth-order valence-electron chi connectivity index (χ4n) is 3.66. The molecule has 2 aliphatic carbocycles. The summed E-state index contributed by atoms with van der Waals surface area (Å²) in [6, 6.07) is 0.295. The molecule has 108 valence electrons. The summed E-state index contributed by atoms with van der Waals surface area (Å²) in [5, 5.41) is 3.26. The summed E-state index contributed by atoms with van der Waals surface area (Å²) in [7, 11) is 0. The van der Waals surface area contributed by atoms with Crippen LogP contribution in [0, 0.1) is 17.3 Å². The topological polar surface area (TPSA) is 55.1 Å². The minimum atomic E-state index is -0.560. The zero-order valence-electron chi connectivity index (χ0n) is 12.1. The van der Waals surface area contributed by atoms with Crippen LogP contribution >= 0.6 is 12.2 Å². The van der Waals surface area contributed by atoms with Crippen molar-refractivity contribution in [2.75, 3.05) is 0 Å². The molecule has 3 unspecified atom stereocenters. The molecule has 0 saturated heterocycles. The summed E-state index contributed by atoms with van der Waals surface area (Å²) in [6.45, 7) is 4.53. The average molecular weight is 282 g/mol. The van der Waals surface area contributed by atoms with Crippen molar-refractivity contribution in [1.29, 1.82) is 0 Å². The molecule has 0 heterocycles. The minimum absolute atomic E-state index is 0.0865. The van der Waals surface area contributed by atoms with E-state index in [1.165, 1.54) is 12.8 Å². The second-order valence-electron chi connectivity index (χ2n) is 6.50. The first-order chi connectivity index (χ1) is 8.97. The van der Waals surface area contributed by atoms with E-state index in [2.05, 4.69) is 19.2 Å². The fourth-order valence-corrected chi connectivity index (χ4v) is 3.95. The average Bonchev–Trinajstić information content (AvgIpc) is 2.85. The molecule has 19 heavy (non-hydrogen) atoms. The maximum atomic E-state index is 12.7. The van der Waals surface area contributed by atoms with Gasteiger partial charge in [0, 0.05) is 6.04 Å². The lowest BCUT2D eigenvalue weighted by Gasteiger charge is -2.37. The van der Waals surface area contributed by atoms with Crippen LogP contribution < -0.4 is 11.1 Å². The third-order valence-electron chi connectivity index (χ3n) is 5.39. The first-order valence-corrected chi connectivity index (χ1v) is 7.99. The Balaban J connectivity index is 2.05. The van der Waals surface area contributed by atoms with Crippen molar-refractivity contribution in [2.24, 2.45) is 23.0 Å². The molecule has 0 spiro atoms. The summed E-state index contributed by atoms with van der Waals surface area (Å²) >= 11 is 5.18. The van der Waals surface area contributed by atoms with Crippen molar-refractivity contribution in [3.8, 4) is 0 Å². The van der Waals surface area contributed by atoms with Gasteiger partial charge in [-0.05, 0) is 31.1 Å².